The zero-order chi connectivity index (χ0) is 15.7. The van der Waals surface area contributed by atoms with Crippen LogP contribution in [0.25, 0.3) is 5.65 Å². The third-order valence-corrected chi connectivity index (χ3v) is 3.76. The second kappa shape index (κ2) is 5.81. The molecule has 0 atom stereocenters. The predicted octanol–water partition coefficient (Wildman–Crippen LogP) is 3.58. The number of hydrogen-bond acceptors (Lipinski definition) is 3. The van der Waals surface area contributed by atoms with Crippen molar-refractivity contribution >= 4 is 22.9 Å². The number of benzene rings is 1. The van der Waals surface area contributed by atoms with Gasteiger partial charge in [0, 0.05) is 12.3 Å². The molecule has 0 amide bonds. The summed E-state index contributed by atoms with van der Waals surface area (Å²) in [7, 11) is 0. The van der Waals surface area contributed by atoms with Crippen molar-refractivity contribution in [1.82, 2.24) is 9.38 Å². The van der Waals surface area contributed by atoms with Crippen molar-refractivity contribution < 1.29 is 0 Å². The highest BCUT2D eigenvalue weighted by atomic mass is 35.5. The van der Waals surface area contributed by atoms with Gasteiger partial charge in [0.25, 0.3) is 5.56 Å². The van der Waals surface area contributed by atoms with Gasteiger partial charge in [-0.3, -0.25) is 9.20 Å². The molecule has 3 rings (SSSR count). The molecule has 0 aliphatic carbocycles. The normalized spacial score (nSPS) is 10.9. The standard InChI is InChI=1S/C17H16ClN3O/c1-11-3-5-15(14(18)7-11)19-9-13-8-17(22)21-10-12(2)4-6-16(21)20-13/h3-8,10,19H,9H2,1-2H3. The summed E-state index contributed by atoms with van der Waals surface area (Å²) in [5.74, 6) is 0. The fraction of sp³-hybridized carbons (Fsp3) is 0.176. The van der Waals surface area contributed by atoms with Crippen molar-refractivity contribution in [1.29, 1.82) is 0 Å². The Bertz CT molecular complexity index is 902. The van der Waals surface area contributed by atoms with Crippen LogP contribution in [0.5, 0.6) is 0 Å². The molecule has 0 fully saturated rings. The van der Waals surface area contributed by atoms with Gasteiger partial charge in [-0.1, -0.05) is 23.7 Å². The number of aryl methyl sites for hydroxylation is 2. The molecule has 0 radical (unpaired) electrons. The maximum absolute atomic E-state index is 12.1. The fourth-order valence-corrected chi connectivity index (χ4v) is 2.60. The molecular weight excluding hydrogens is 298 g/mol. The van der Waals surface area contributed by atoms with E-state index in [-0.39, 0.29) is 5.56 Å². The van der Waals surface area contributed by atoms with E-state index in [2.05, 4.69) is 10.3 Å². The summed E-state index contributed by atoms with van der Waals surface area (Å²) < 4.78 is 1.55. The number of nitrogens with one attached hydrogen (secondary N) is 1. The average molecular weight is 314 g/mol. The van der Waals surface area contributed by atoms with E-state index in [9.17, 15) is 4.79 Å². The molecule has 1 N–H and O–H groups in total. The number of aromatic nitrogens is 2. The lowest BCUT2D eigenvalue weighted by Gasteiger charge is -2.09. The molecule has 0 spiro atoms. The van der Waals surface area contributed by atoms with Crippen molar-refractivity contribution in [2.75, 3.05) is 5.32 Å². The minimum absolute atomic E-state index is 0.0829. The summed E-state index contributed by atoms with van der Waals surface area (Å²) in [5, 5.41) is 3.88. The second-order valence-corrected chi connectivity index (χ2v) is 5.76. The molecule has 0 saturated carbocycles. The molecule has 0 bridgehead atoms. The maximum Gasteiger partial charge on any atom is 0.258 e. The highest BCUT2D eigenvalue weighted by Crippen LogP contribution is 2.23. The van der Waals surface area contributed by atoms with Crippen LogP contribution in [0, 0.1) is 13.8 Å². The van der Waals surface area contributed by atoms with Crippen LogP contribution in [-0.2, 0) is 6.54 Å². The van der Waals surface area contributed by atoms with Crippen molar-refractivity contribution in [3.63, 3.8) is 0 Å². The first kappa shape index (κ1) is 14.6. The summed E-state index contributed by atoms with van der Waals surface area (Å²) in [6.45, 7) is 4.38. The van der Waals surface area contributed by atoms with Crippen LogP contribution in [0.3, 0.4) is 0 Å². The SMILES string of the molecule is Cc1ccc(NCc2cc(=O)n3cc(C)ccc3n2)c(Cl)c1. The largest absolute Gasteiger partial charge is 0.378 e. The van der Waals surface area contributed by atoms with Gasteiger partial charge in [-0.15, -0.1) is 0 Å². The van der Waals surface area contributed by atoms with Crippen LogP contribution in [0.1, 0.15) is 16.8 Å². The van der Waals surface area contributed by atoms with Crippen LogP contribution in [0.15, 0.2) is 47.4 Å². The Kier molecular flexibility index (Phi) is 3.86. The van der Waals surface area contributed by atoms with Crippen molar-refractivity contribution in [2.24, 2.45) is 0 Å². The van der Waals surface area contributed by atoms with Gasteiger partial charge in [0.15, 0.2) is 0 Å². The van der Waals surface area contributed by atoms with E-state index >= 15 is 0 Å². The van der Waals surface area contributed by atoms with Crippen LogP contribution < -0.4 is 10.9 Å². The van der Waals surface area contributed by atoms with Crippen LogP contribution >= 0.6 is 11.6 Å². The molecule has 0 aliphatic rings. The monoisotopic (exact) mass is 313 g/mol. The molecule has 2 heterocycles. The Morgan fingerprint density at radius 1 is 1.14 bits per heavy atom. The number of halogens is 1. The first-order valence-electron chi connectivity index (χ1n) is 7.02. The Labute approximate surface area is 133 Å². The second-order valence-electron chi connectivity index (χ2n) is 5.36. The van der Waals surface area contributed by atoms with Crippen LogP contribution in [0.4, 0.5) is 5.69 Å². The summed E-state index contributed by atoms with van der Waals surface area (Å²) in [6, 6.07) is 11.1. The van der Waals surface area contributed by atoms with Crippen LogP contribution in [-0.4, -0.2) is 9.38 Å². The van der Waals surface area contributed by atoms with Gasteiger partial charge in [0.2, 0.25) is 0 Å². The number of pyridine rings is 1. The Hall–Kier alpha value is -2.33. The minimum Gasteiger partial charge on any atom is -0.378 e. The van der Waals surface area contributed by atoms with Gasteiger partial charge >= 0.3 is 0 Å². The smallest absolute Gasteiger partial charge is 0.258 e. The van der Waals surface area contributed by atoms with E-state index in [1.807, 2.05) is 44.2 Å². The summed E-state index contributed by atoms with van der Waals surface area (Å²) in [5.41, 5.74) is 4.20. The quantitative estimate of drug-likeness (QED) is 0.804. The molecule has 112 valence electrons. The number of hydrogen-bond donors (Lipinski definition) is 1. The molecule has 22 heavy (non-hydrogen) atoms. The van der Waals surface area contributed by atoms with E-state index in [0.717, 1.165) is 16.8 Å². The number of rotatable bonds is 3. The molecule has 5 heteroatoms. The minimum atomic E-state index is -0.0829. The van der Waals surface area contributed by atoms with Crippen molar-refractivity contribution in [3.05, 3.63) is 74.8 Å². The Morgan fingerprint density at radius 3 is 2.68 bits per heavy atom. The molecular formula is C17H16ClN3O. The highest BCUT2D eigenvalue weighted by Gasteiger charge is 2.04. The van der Waals surface area contributed by atoms with Gasteiger partial charge in [0.05, 0.1) is 22.9 Å². The zero-order valence-electron chi connectivity index (χ0n) is 12.4. The lowest BCUT2D eigenvalue weighted by atomic mass is 10.2. The topological polar surface area (TPSA) is 46.4 Å². The highest BCUT2D eigenvalue weighted by molar-refractivity contribution is 6.33. The number of nitrogens with zero attached hydrogens (tertiary/aromatic N) is 2. The maximum atomic E-state index is 12.1. The van der Waals surface area contributed by atoms with E-state index < -0.39 is 0 Å². The molecule has 0 saturated heterocycles. The van der Waals surface area contributed by atoms with Gasteiger partial charge in [-0.2, -0.15) is 0 Å². The average Bonchev–Trinajstić information content (AvgIpc) is 2.47. The van der Waals surface area contributed by atoms with E-state index in [0.29, 0.717) is 22.9 Å². The van der Waals surface area contributed by atoms with Gasteiger partial charge in [-0.25, -0.2) is 4.98 Å². The third-order valence-electron chi connectivity index (χ3n) is 3.45. The van der Waals surface area contributed by atoms with Crippen molar-refractivity contribution in [3.8, 4) is 0 Å². The van der Waals surface area contributed by atoms with Crippen molar-refractivity contribution in [2.45, 2.75) is 20.4 Å². The summed E-state index contributed by atoms with van der Waals surface area (Å²) in [6.07, 6.45) is 1.79. The van der Waals surface area contributed by atoms with E-state index in [1.165, 1.54) is 0 Å². The van der Waals surface area contributed by atoms with Gasteiger partial charge in [-0.05, 0) is 43.2 Å². The lowest BCUT2D eigenvalue weighted by molar-refractivity contribution is 0.965. The number of fused-ring (bicyclic) bond motifs is 1. The third kappa shape index (κ3) is 2.97. The molecule has 0 unspecified atom stereocenters. The summed E-state index contributed by atoms with van der Waals surface area (Å²) >= 11 is 6.19. The number of anilines is 1. The molecule has 0 aliphatic heterocycles. The molecule has 4 nitrogen and oxygen atoms in total. The molecule has 1 aromatic carbocycles. The van der Waals surface area contributed by atoms with Gasteiger partial charge in [0.1, 0.15) is 5.65 Å². The van der Waals surface area contributed by atoms with Crippen LogP contribution in [0.2, 0.25) is 5.02 Å². The first-order valence-corrected chi connectivity index (χ1v) is 7.40. The molecule has 2 aromatic heterocycles. The lowest BCUT2D eigenvalue weighted by Crippen LogP contribution is -2.17. The Balaban J connectivity index is 1.88. The zero-order valence-corrected chi connectivity index (χ0v) is 13.2. The molecule has 3 aromatic rings. The fourth-order valence-electron chi connectivity index (χ4n) is 2.30. The Morgan fingerprint density at radius 2 is 1.91 bits per heavy atom. The first-order chi connectivity index (χ1) is 10.5. The van der Waals surface area contributed by atoms with E-state index in [1.54, 1.807) is 16.7 Å². The van der Waals surface area contributed by atoms with Gasteiger partial charge < -0.3 is 5.32 Å². The summed E-state index contributed by atoms with van der Waals surface area (Å²) in [4.78, 5) is 16.6. The van der Waals surface area contributed by atoms with E-state index in [4.69, 9.17) is 11.6 Å². The predicted molar refractivity (Wildman–Crippen MR) is 89.7 cm³/mol.